The summed E-state index contributed by atoms with van der Waals surface area (Å²) in [6.45, 7) is 4.90. The quantitative estimate of drug-likeness (QED) is 0.734. The molecule has 0 aliphatic carbocycles. The van der Waals surface area contributed by atoms with E-state index in [4.69, 9.17) is 0 Å². The van der Waals surface area contributed by atoms with Crippen LogP contribution in [-0.4, -0.2) is 28.9 Å². The molecule has 0 aliphatic heterocycles. The van der Waals surface area contributed by atoms with Gasteiger partial charge < -0.3 is 15.5 Å². The highest BCUT2D eigenvalue weighted by atomic mass is 16.3. The maximum absolute atomic E-state index is 10.3. The van der Waals surface area contributed by atoms with E-state index in [9.17, 15) is 10.2 Å². The van der Waals surface area contributed by atoms with Crippen molar-refractivity contribution in [2.45, 2.75) is 38.4 Å². The Kier molecular flexibility index (Phi) is 5.34. The molecule has 0 fully saturated rings. The molecule has 2 rings (SSSR count). The normalized spacial score (nSPS) is 13.5. The zero-order chi connectivity index (χ0) is 15.3. The molecule has 0 aromatic heterocycles. The third kappa shape index (κ3) is 4.03. The number of nitrogens with one attached hydrogen (secondary N) is 1. The Hall–Kier alpha value is -1.42. The fourth-order valence-electron chi connectivity index (χ4n) is 2.47. The van der Waals surface area contributed by atoms with Crippen molar-refractivity contribution in [1.29, 1.82) is 0 Å². The first-order valence-corrected chi connectivity index (χ1v) is 7.68. The van der Waals surface area contributed by atoms with E-state index >= 15 is 0 Å². The van der Waals surface area contributed by atoms with Gasteiger partial charge in [0.2, 0.25) is 0 Å². The molecule has 2 aromatic rings. The topological polar surface area (TPSA) is 52.5 Å². The lowest BCUT2D eigenvalue weighted by Crippen LogP contribution is -2.40. The van der Waals surface area contributed by atoms with Crippen LogP contribution in [0.25, 0.3) is 10.8 Å². The van der Waals surface area contributed by atoms with E-state index in [-0.39, 0.29) is 0 Å². The summed E-state index contributed by atoms with van der Waals surface area (Å²) >= 11 is 0. The molecule has 0 saturated carbocycles. The molecule has 0 heterocycles. The van der Waals surface area contributed by atoms with Crippen LogP contribution in [0.1, 0.15) is 38.4 Å². The van der Waals surface area contributed by atoms with Crippen molar-refractivity contribution in [3.63, 3.8) is 0 Å². The van der Waals surface area contributed by atoms with Gasteiger partial charge in [0.15, 0.2) is 0 Å². The molecule has 3 N–H and O–H groups in total. The molecular weight excluding hydrogens is 262 g/mol. The van der Waals surface area contributed by atoms with Gasteiger partial charge in [-0.1, -0.05) is 50.2 Å². The fraction of sp³-hybridized carbons (Fsp3) is 0.444. The highest BCUT2D eigenvalue weighted by molar-refractivity contribution is 5.83. The lowest BCUT2D eigenvalue weighted by atomic mass is 9.97. The van der Waals surface area contributed by atoms with Crippen molar-refractivity contribution >= 4 is 10.8 Å². The van der Waals surface area contributed by atoms with Gasteiger partial charge in [0.05, 0.1) is 11.7 Å². The summed E-state index contributed by atoms with van der Waals surface area (Å²) in [5.41, 5.74) is 0.223. The molecule has 0 amide bonds. The number of aliphatic hydroxyl groups is 2. The summed E-state index contributed by atoms with van der Waals surface area (Å²) < 4.78 is 0. The standard InChI is InChI=1S/C18H25NO2/c1-3-18(21,4-2)13-19-12-17(20)16-10-9-14-7-5-6-8-15(14)11-16/h5-11,17,19-21H,3-4,12-13H2,1-2H3. The molecule has 3 nitrogen and oxygen atoms in total. The summed E-state index contributed by atoms with van der Waals surface area (Å²) in [5.74, 6) is 0. The molecule has 2 aromatic carbocycles. The second kappa shape index (κ2) is 7.03. The van der Waals surface area contributed by atoms with Gasteiger partial charge in [0.25, 0.3) is 0 Å². The van der Waals surface area contributed by atoms with Crippen molar-refractivity contribution in [2.75, 3.05) is 13.1 Å². The highest BCUT2D eigenvalue weighted by Gasteiger charge is 2.21. The van der Waals surface area contributed by atoms with Crippen LogP contribution in [0.15, 0.2) is 42.5 Å². The second-order valence-corrected chi connectivity index (χ2v) is 5.68. The SMILES string of the molecule is CCC(O)(CC)CNCC(O)c1ccc2ccccc2c1. The predicted octanol–water partition coefficient (Wildman–Crippen LogP) is 3.01. The first-order valence-electron chi connectivity index (χ1n) is 7.68. The van der Waals surface area contributed by atoms with E-state index in [0.29, 0.717) is 25.9 Å². The van der Waals surface area contributed by atoms with E-state index in [2.05, 4.69) is 11.4 Å². The number of hydrogen-bond acceptors (Lipinski definition) is 3. The lowest BCUT2D eigenvalue weighted by Gasteiger charge is -2.26. The Balaban J connectivity index is 1.97. The Bertz CT molecular complexity index is 578. The van der Waals surface area contributed by atoms with Gasteiger partial charge in [-0.3, -0.25) is 0 Å². The predicted molar refractivity (Wildman–Crippen MR) is 87.3 cm³/mol. The number of aliphatic hydroxyl groups excluding tert-OH is 1. The molecule has 0 saturated heterocycles. The van der Waals surface area contributed by atoms with Crippen molar-refractivity contribution in [1.82, 2.24) is 5.32 Å². The number of rotatable bonds is 7. The first-order chi connectivity index (χ1) is 10.1. The summed E-state index contributed by atoms with van der Waals surface area (Å²) in [6, 6.07) is 14.1. The van der Waals surface area contributed by atoms with E-state index < -0.39 is 11.7 Å². The molecule has 0 aliphatic rings. The lowest BCUT2D eigenvalue weighted by molar-refractivity contribution is 0.0293. The maximum Gasteiger partial charge on any atom is 0.0914 e. The first kappa shape index (κ1) is 16.0. The van der Waals surface area contributed by atoms with Crippen LogP contribution in [0.2, 0.25) is 0 Å². The number of fused-ring (bicyclic) bond motifs is 1. The minimum absolute atomic E-state index is 0.445. The molecular formula is C18H25NO2. The average Bonchev–Trinajstić information content (AvgIpc) is 2.54. The minimum Gasteiger partial charge on any atom is -0.389 e. The average molecular weight is 287 g/mol. The maximum atomic E-state index is 10.3. The molecule has 1 atom stereocenters. The highest BCUT2D eigenvalue weighted by Crippen LogP contribution is 2.20. The smallest absolute Gasteiger partial charge is 0.0914 e. The van der Waals surface area contributed by atoms with Crippen LogP contribution in [0.5, 0.6) is 0 Å². The molecule has 0 spiro atoms. The third-order valence-corrected chi connectivity index (χ3v) is 4.27. The Morgan fingerprint density at radius 2 is 1.71 bits per heavy atom. The summed E-state index contributed by atoms with van der Waals surface area (Å²) in [6.07, 6.45) is 0.859. The van der Waals surface area contributed by atoms with Crippen LogP contribution >= 0.6 is 0 Å². The van der Waals surface area contributed by atoms with Crippen LogP contribution in [0.3, 0.4) is 0 Å². The largest absolute Gasteiger partial charge is 0.389 e. The van der Waals surface area contributed by atoms with Gasteiger partial charge in [-0.15, -0.1) is 0 Å². The van der Waals surface area contributed by atoms with E-state index in [1.807, 2.05) is 50.2 Å². The zero-order valence-electron chi connectivity index (χ0n) is 12.8. The van der Waals surface area contributed by atoms with Crippen LogP contribution < -0.4 is 5.32 Å². The monoisotopic (exact) mass is 287 g/mol. The van der Waals surface area contributed by atoms with Crippen LogP contribution in [0, 0.1) is 0 Å². The molecule has 1 unspecified atom stereocenters. The second-order valence-electron chi connectivity index (χ2n) is 5.68. The van der Waals surface area contributed by atoms with Gasteiger partial charge >= 0.3 is 0 Å². The molecule has 0 bridgehead atoms. The summed E-state index contributed by atoms with van der Waals surface area (Å²) in [5, 5.41) is 26.0. The van der Waals surface area contributed by atoms with Crippen LogP contribution in [0.4, 0.5) is 0 Å². The van der Waals surface area contributed by atoms with Crippen molar-refractivity contribution < 1.29 is 10.2 Å². The van der Waals surface area contributed by atoms with Gasteiger partial charge in [-0.25, -0.2) is 0 Å². The molecule has 3 heteroatoms. The van der Waals surface area contributed by atoms with E-state index in [1.165, 1.54) is 5.39 Å². The molecule has 0 radical (unpaired) electrons. The number of benzene rings is 2. The number of hydrogen-bond donors (Lipinski definition) is 3. The Morgan fingerprint density at radius 3 is 2.38 bits per heavy atom. The minimum atomic E-state index is -0.677. The van der Waals surface area contributed by atoms with Gasteiger partial charge in [0.1, 0.15) is 0 Å². The van der Waals surface area contributed by atoms with Crippen molar-refractivity contribution in [3.8, 4) is 0 Å². The summed E-state index contributed by atoms with van der Waals surface area (Å²) in [4.78, 5) is 0. The van der Waals surface area contributed by atoms with Crippen molar-refractivity contribution in [2.24, 2.45) is 0 Å². The Morgan fingerprint density at radius 1 is 1.05 bits per heavy atom. The van der Waals surface area contributed by atoms with E-state index in [0.717, 1.165) is 10.9 Å². The molecule has 114 valence electrons. The van der Waals surface area contributed by atoms with Gasteiger partial charge in [-0.2, -0.15) is 0 Å². The van der Waals surface area contributed by atoms with Crippen molar-refractivity contribution in [3.05, 3.63) is 48.0 Å². The summed E-state index contributed by atoms with van der Waals surface area (Å²) in [7, 11) is 0. The third-order valence-electron chi connectivity index (χ3n) is 4.27. The van der Waals surface area contributed by atoms with E-state index in [1.54, 1.807) is 0 Å². The Labute approximate surface area is 126 Å². The van der Waals surface area contributed by atoms with Crippen LogP contribution in [-0.2, 0) is 0 Å². The molecule has 21 heavy (non-hydrogen) atoms. The van der Waals surface area contributed by atoms with Gasteiger partial charge in [-0.05, 0) is 35.2 Å². The van der Waals surface area contributed by atoms with Gasteiger partial charge in [0, 0.05) is 13.1 Å². The zero-order valence-corrected chi connectivity index (χ0v) is 12.8. The fourth-order valence-corrected chi connectivity index (χ4v) is 2.47.